The number of rotatable bonds is 0. The molecule has 0 atom stereocenters. The normalized spacial score (nSPS) is 42.7. The van der Waals surface area contributed by atoms with E-state index in [4.69, 9.17) is 0 Å². The van der Waals surface area contributed by atoms with Crippen LogP contribution in [0.15, 0.2) is 0 Å². The third-order valence-electron chi connectivity index (χ3n) is 2.08. The molecule has 0 nitrogen and oxygen atoms in total. The average Bonchev–Trinajstić information content (AvgIpc) is 1.88. The van der Waals surface area contributed by atoms with Crippen LogP contribution in [-0.4, -0.2) is 0 Å². The van der Waals surface area contributed by atoms with Crippen molar-refractivity contribution in [3.8, 4) is 0 Å². The third kappa shape index (κ3) is 1.12. The Labute approximate surface area is 57.6 Å². The fourth-order valence-electron chi connectivity index (χ4n) is 1.55. The molecular formula is C9H11. The lowest BCUT2D eigenvalue weighted by Gasteiger charge is -2.32. The van der Waals surface area contributed by atoms with Gasteiger partial charge in [0.2, 0.25) is 0 Å². The first-order chi connectivity index (χ1) is 4.45. The summed E-state index contributed by atoms with van der Waals surface area (Å²) in [5.41, 5.74) is 0. The molecule has 2 rings (SSSR count). The molecule has 0 amide bonds. The summed E-state index contributed by atoms with van der Waals surface area (Å²) in [4.78, 5) is 0. The zero-order chi connectivity index (χ0) is 6.10. The molecule has 9 heavy (non-hydrogen) atoms. The van der Waals surface area contributed by atoms with E-state index in [1.165, 1.54) is 12.8 Å². The van der Waals surface area contributed by atoms with E-state index in [9.17, 15) is 0 Å². The number of hydrogen-bond donors (Lipinski definition) is 0. The first-order valence-electron chi connectivity index (χ1n) is 3.63. The standard InChI is InChI=1S/C9H11/c1-3-8-5-2-6-9(4-1)7-8/h3-9H,1-2H2. The molecule has 0 spiro atoms. The maximum absolute atomic E-state index is 2.40. The van der Waals surface area contributed by atoms with Gasteiger partial charge >= 0.3 is 0 Å². The van der Waals surface area contributed by atoms with Gasteiger partial charge in [-0.1, -0.05) is 0 Å². The van der Waals surface area contributed by atoms with Crippen molar-refractivity contribution in [1.29, 1.82) is 0 Å². The fraction of sp³-hybridized carbons (Fsp3) is 0.444. The van der Waals surface area contributed by atoms with E-state index in [0.29, 0.717) is 11.8 Å². The minimum atomic E-state index is 0.713. The monoisotopic (exact) mass is 119 g/mol. The third-order valence-corrected chi connectivity index (χ3v) is 2.08. The maximum atomic E-state index is 2.40. The van der Waals surface area contributed by atoms with Crippen molar-refractivity contribution in [2.24, 2.45) is 11.8 Å². The number of fused-ring (bicyclic) bond motifs is 2. The topological polar surface area (TPSA) is 0 Å². The second kappa shape index (κ2) is 2.32. The molecule has 2 fully saturated rings. The van der Waals surface area contributed by atoms with E-state index < -0.39 is 0 Å². The molecule has 0 unspecified atom stereocenters. The SMILES string of the molecule is [CH]1C[CH]C2[CH]C[CH]C1[CH]2. The summed E-state index contributed by atoms with van der Waals surface area (Å²) < 4.78 is 0. The van der Waals surface area contributed by atoms with Crippen molar-refractivity contribution in [1.82, 2.24) is 0 Å². The second-order valence-electron chi connectivity index (χ2n) is 2.76. The lowest BCUT2D eigenvalue weighted by molar-refractivity contribution is 0.526. The minimum Gasteiger partial charge on any atom is -0.0465 e. The second-order valence-corrected chi connectivity index (χ2v) is 2.76. The van der Waals surface area contributed by atoms with E-state index in [1.807, 2.05) is 0 Å². The van der Waals surface area contributed by atoms with Crippen LogP contribution in [0, 0.1) is 43.9 Å². The Balaban J connectivity index is 1.96. The molecule has 0 aliphatic heterocycles. The molecule has 0 N–H and O–H groups in total. The van der Waals surface area contributed by atoms with Gasteiger partial charge in [-0.05, 0) is 56.8 Å². The van der Waals surface area contributed by atoms with Gasteiger partial charge in [-0.15, -0.1) is 0 Å². The van der Waals surface area contributed by atoms with Crippen LogP contribution >= 0.6 is 0 Å². The molecule has 2 bridgehead atoms. The first kappa shape index (κ1) is 5.76. The van der Waals surface area contributed by atoms with Crippen LogP contribution in [0.3, 0.4) is 0 Å². The zero-order valence-electron chi connectivity index (χ0n) is 5.46. The smallest absolute Gasteiger partial charge is 0.0312 e. The van der Waals surface area contributed by atoms with Gasteiger partial charge in [0.15, 0.2) is 0 Å². The largest absolute Gasteiger partial charge is 0.0465 e. The molecule has 5 radical (unpaired) electrons. The van der Waals surface area contributed by atoms with E-state index in [0.717, 1.165) is 0 Å². The lowest BCUT2D eigenvalue weighted by Crippen LogP contribution is -2.23. The van der Waals surface area contributed by atoms with Crippen LogP contribution in [0.1, 0.15) is 12.8 Å². The summed E-state index contributed by atoms with van der Waals surface area (Å²) >= 11 is 0. The lowest BCUT2D eigenvalue weighted by atomic mass is 9.72. The van der Waals surface area contributed by atoms with Gasteiger partial charge in [-0.3, -0.25) is 0 Å². The highest BCUT2D eigenvalue weighted by atomic mass is 14.3. The Bertz CT molecular complexity index is 76.2. The molecule has 0 aromatic heterocycles. The summed E-state index contributed by atoms with van der Waals surface area (Å²) in [6, 6.07) is 0. The van der Waals surface area contributed by atoms with Crippen LogP contribution < -0.4 is 0 Å². The van der Waals surface area contributed by atoms with Crippen LogP contribution in [-0.2, 0) is 0 Å². The first-order valence-corrected chi connectivity index (χ1v) is 3.63. The molecule has 2 aliphatic carbocycles. The van der Waals surface area contributed by atoms with Crippen molar-refractivity contribution >= 4 is 0 Å². The predicted molar refractivity (Wildman–Crippen MR) is 37.7 cm³/mol. The van der Waals surface area contributed by atoms with Gasteiger partial charge in [0.05, 0.1) is 0 Å². The summed E-state index contributed by atoms with van der Waals surface area (Å²) in [5, 5.41) is 0. The predicted octanol–water partition coefficient (Wildman–Crippen LogP) is 2.05. The molecule has 0 aromatic rings. The summed E-state index contributed by atoms with van der Waals surface area (Å²) in [6.07, 6.45) is 14.2. The molecule has 0 saturated heterocycles. The Morgan fingerprint density at radius 1 is 0.778 bits per heavy atom. The Morgan fingerprint density at radius 2 is 1.22 bits per heavy atom. The molecule has 47 valence electrons. The van der Waals surface area contributed by atoms with Crippen molar-refractivity contribution in [2.45, 2.75) is 12.8 Å². The van der Waals surface area contributed by atoms with Gasteiger partial charge in [-0.25, -0.2) is 0 Å². The van der Waals surface area contributed by atoms with Gasteiger partial charge in [-0.2, -0.15) is 0 Å². The highest BCUT2D eigenvalue weighted by Gasteiger charge is 2.26. The molecular weight excluding hydrogens is 108 g/mol. The van der Waals surface area contributed by atoms with Crippen LogP contribution in [0.25, 0.3) is 0 Å². The van der Waals surface area contributed by atoms with Gasteiger partial charge in [0.1, 0.15) is 0 Å². The molecule has 0 aromatic carbocycles. The summed E-state index contributed by atoms with van der Waals surface area (Å²) in [7, 11) is 0. The molecule has 2 saturated carbocycles. The Morgan fingerprint density at radius 3 is 1.56 bits per heavy atom. The maximum Gasteiger partial charge on any atom is -0.0312 e. The summed E-state index contributed by atoms with van der Waals surface area (Å²) in [6.45, 7) is 0. The Hall–Kier alpha value is 0. The van der Waals surface area contributed by atoms with E-state index in [2.05, 4.69) is 32.1 Å². The highest BCUT2D eigenvalue weighted by molar-refractivity contribution is 5.18. The quantitative estimate of drug-likeness (QED) is 0.458. The molecule has 0 heterocycles. The van der Waals surface area contributed by atoms with Crippen molar-refractivity contribution in [2.75, 3.05) is 0 Å². The van der Waals surface area contributed by atoms with E-state index in [-0.39, 0.29) is 0 Å². The average molecular weight is 119 g/mol. The van der Waals surface area contributed by atoms with Gasteiger partial charge < -0.3 is 0 Å². The Kier molecular flexibility index (Phi) is 1.48. The van der Waals surface area contributed by atoms with E-state index >= 15 is 0 Å². The van der Waals surface area contributed by atoms with Crippen LogP contribution in [0.4, 0.5) is 0 Å². The van der Waals surface area contributed by atoms with Crippen molar-refractivity contribution in [3.63, 3.8) is 0 Å². The van der Waals surface area contributed by atoms with Crippen LogP contribution in [0.2, 0.25) is 0 Å². The number of hydrogen-bond acceptors (Lipinski definition) is 0. The molecule has 0 heteroatoms. The minimum absolute atomic E-state index is 0.713. The summed E-state index contributed by atoms with van der Waals surface area (Å²) in [5.74, 6) is 1.43. The molecule has 2 aliphatic rings. The van der Waals surface area contributed by atoms with Crippen molar-refractivity contribution < 1.29 is 0 Å². The highest BCUT2D eigenvalue weighted by Crippen LogP contribution is 2.36. The zero-order valence-corrected chi connectivity index (χ0v) is 5.46. The fourth-order valence-corrected chi connectivity index (χ4v) is 1.55. The van der Waals surface area contributed by atoms with Gasteiger partial charge in [0, 0.05) is 0 Å². The van der Waals surface area contributed by atoms with Gasteiger partial charge in [0.25, 0.3) is 0 Å². The van der Waals surface area contributed by atoms with E-state index in [1.54, 1.807) is 0 Å². The van der Waals surface area contributed by atoms with Crippen molar-refractivity contribution in [3.05, 3.63) is 32.1 Å². The van der Waals surface area contributed by atoms with Crippen LogP contribution in [0.5, 0.6) is 0 Å².